The van der Waals surface area contributed by atoms with Crippen LogP contribution in [-0.2, 0) is 9.53 Å². The van der Waals surface area contributed by atoms with Crippen molar-refractivity contribution >= 4 is 5.97 Å². The van der Waals surface area contributed by atoms with Crippen LogP contribution in [0.15, 0.2) is 11.5 Å². The Kier molecular flexibility index (Phi) is 9.19. The molecule has 0 bridgehead atoms. The average molecular weight is 334 g/mol. The van der Waals surface area contributed by atoms with Crippen LogP contribution in [0.1, 0.15) is 53.4 Å². The Hall–Kier alpha value is -1.31. The van der Waals surface area contributed by atoms with E-state index in [-0.39, 0.29) is 0 Å². The zero-order valence-electron chi connectivity index (χ0n) is 14.3. The minimum Gasteiger partial charge on any atom is -0.506 e. The molecule has 0 aromatic rings. The molecule has 0 heterocycles. The van der Waals surface area contributed by atoms with Gasteiger partial charge in [-0.05, 0) is 32.6 Å². The first kappa shape index (κ1) is 21.7. The number of aliphatic hydroxyl groups is 5. The van der Waals surface area contributed by atoms with Crippen molar-refractivity contribution in [2.45, 2.75) is 71.2 Å². The van der Waals surface area contributed by atoms with Crippen LogP contribution in [0.25, 0.3) is 0 Å². The van der Waals surface area contributed by atoms with Crippen molar-refractivity contribution in [3.05, 3.63) is 11.5 Å². The van der Waals surface area contributed by atoms with Gasteiger partial charge in [-0.25, -0.2) is 4.79 Å². The van der Waals surface area contributed by atoms with Gasteiger partial charge in [-0.3, -0.25) is 0 Å². The highest BCUT2D eigenvalue weighted by Gasteiger charge is 2.30. The van der Waals surface area contributed by atoms with Crippen LogP contribution in [-0.4, -0.2) is 55.9 Å². The van der Waals surface area contributed by atoms with Gasteiger partial charge in [0.2, 0.25) is 5.76 Å². The topological polar surface area (TPSA) is 127 Å². The van der Waals surface area contributed by atoms with Crippen LogP contribution in [0.3, 0.4) is 0 Å². The molecule has 7 nitrogen and oxygen atoms in total. The lowest BCUT2D eigenvalue weighted by atomic mass is 9.95. The summed E-state index contributed by atoms with van der Waals surface area (Å²) >= 11 is 0. The summed E-state index contributed by atoms with van der Waals surface area (Å²) in [5, 5.41) is 46.5. The van der Waals surface area contributed by atoms with Gasteiger partial charge in [0.15, 0.2) is 5.76 Å². The van der Waals surface area contributed by atoms with Crippen LogP contribution in [0.4, 0.5) is 0 Å². The van der Waals surface area contributed by atoms with Crippen molar-refractivity contribution < 1.29 is 35.1 Å². The van der Waals surface area contributed by atoms with Gasteiger partial charge in [-0.1, -0.05) is 26.7 Å². The van der Waals surface area contributed by atoms with Gasteiger partial charge in [0.1, 0.15) is 17.8 Å². The minimum atomic E-state index is -1.97. The van der Waals surface area contributed by atoms with E-state index in [9.17, 15) is 25.2 Å². The Labute approximate surface area is 137 Å². The van der Waals surface area contributed by atoms with E-state index < -0.39 is 41.9 Å². The molecule has 3 atom stereocenters. The molecule has 5 N–H and O–H groups in total. The number of rotatable bonds is 10. The summed E-state index contributed by atoms with van der Waals surface area (Å²) in [6, 6.07) is 0. The number of aliphatic hydroxyl groups excluding tert-OH is 5. The fourth-order valence-corrected chi connectivity index (χ4v) is 1.96. The Morgan fingerprint density at radius 3 is 2.26 bits per heavy atom. The fourth-order valence-electron chi connectivity index (χ4n) is 1.96. The van der Waals surface area contributed by atoms with Crippen LogP contribution in [0.2, 0.25) is 0 Å². The zero-order valence-corrected chi connectivity index (χ0v) is 14.3. The minimum absolute atomic E-state index is 0.578. The Morgan fingerprint density at radius 2 is 1.78 bits per heavy atom. The second-order valence-corrected chi connectivity index (χ2v) is 6.48. The number of hydrogen-bond acceptors (Lipinski definition) is 7. The number of ether oxygens (including phenoxy) is 1. The molecule has 0 aliphatic carbocycles. The quantitative estimate of drug-likeness (QED) is 0.233. The van der Waals surface area contributed by atoms with E-state index >= 15 is 0 Å². The molecule has 7 heteroatoms. The monoisotopic (exact) mass is 334 g/mol. The second-order valence-electron chi connectivity index (χ2n) is 6.48. The van der Waals surface area contributed by atoms with Gasteiger partial charge >= 0.3 is 5.97 Å². The van der Waals surface area contributed by atoms with Crippen LogP contribution in [0, 0.1) is 5.92 Å². The van der Waals surface area contributed by atoms with E-state index in [1.165, 1.54) is 0 Å². The van der Waals surface area contributed by atoms with E-state index in [1.54, 1.807) is 13.8 Å². The summed E-state index contributed by atoms with van der Waals surface area (Å²) in [4.78, 5) is 11.8. The number of esters is 1. The standard InChI is InChI=1S/C16H30O7/c1-5-10(2)7-6-8-16(3,4)23-15(22)14(21)13(20)12(19)11(18)9-17/h10-12,17-21H,5-9H2,1-4H3/b14-13+. The SMILES string of the molecule is CCC(C)CCCC(C)(C)OC(=O)/C(O)=C(\O)C(O)C(O)CO. The molecule has 23 heavy (non-hydrogen) atoms. The molecule has 0 amide bonds. The lowest BCUT2D eigenvalue weighted by molar-refractivity contribution is -0.156. The van der Waals surface area contributed by atoms with E-state index in [2.05, 4.69) is 13.8 Å². The van der Waals surface area contributed by atoms with E-state index in [4.69, 9.17) is 9.84 Å². The third-order valence-corrected chi connectivity index (χ3v) is 3.81. The van der Waals surface area contributed by atoms with Gasteiger partial charge in [-0.15, -0.1) is 0 Å². The van der Waals surface area contributed by atoms with Gasteiger partial charge in [-0.2, -0.15) is 0 Å². The molecule has 3 unspecified atom stereocenters. The smallest absolute Gasteiger partial charge is 0.377 e. The average Bonchev–Trinajstić information content (AvgIpc) is 2.50. The van der Waals surface area contributed by atoms with Crippen molar-refractivity contribution in [3.8, 4) is 0 Å². The van der Waals surface area contributed by atoms with Gasteiger partial charge in [0.05, 0.1) is 6.61 Å². The predicted octanol–water partition coefficient (Wildman–Crippen LogP) is 1.57. The summed E-state index contributed by atoms with van der Waals surface area (Å²) in [5.74, 6) is -2.93. The summed E-state index contributed by atoms with van der Waals surface area (Å²) < 4.78 is 5.14. The molecular weight excluding hydrogens is 304 g/mol. The zero-order chi connectivity index (χ0) is 18.2. The Morgan fingerprint density at radius 1 is 1.22 bits per heavy atom. The number of carbonyl (C=O) groups excluding carboxylic acids is 1. The molecule has 0 saturated heterocycles. The van der Waals surface area contributed by atoms with Crippen LogP contribution < -0.4 is 0 Å². The summed E-state index contributed by atoms with van der Waals surface area (Å²) in [6.07, 6.45) is -0.194. The third kappa shape index (κ3) is 7.67. The highest BCUT2D eigenvalue weighted by Crippen LogP contribution is 2.22. The Bertz CT molecular complexity index is 403. The maximum absolute atomic E-state index is 11.8. The molecule has 0 fully saturated rings. The lowest BCUT2D eigenvalue weighted by Gasteiger charge is -2.26. The van der Waals surface area contributed by atoms with Crippen molar-refractivity contribution in [1.82, 2.24) is 0 Å². The Balaban J connectivity index is 4.70. The second kappa shape index (κ2) is 9.75. The number of hydrogen-bond donors (Lipinski definition) is 5. The number of carbonyl (C=O) groups is 1. The van der Waals surface area contributed by atoms with Crippen molar-refractivity contribution in [3.63, 3.8) is 0 Å². The highest BCUT2D eigenvalue weighted by molar-refractivity contribution is 5.86. The van der Waals surface area contributed by atoms with Crippen molar-refractivity contribution in [2.24, 2.45) is 5.92 Å². The van der Waals surface area contributed by atoms with Gasteiger partial charge in [0, 0.05) is 0 Å². The fraction of sp³-hybridized carbons (Fsp3) is 0.812. The predicted molar refractivity (Wildman–Crippen MR) is 84.9 cm³/mol. The van der Waals surface area contributed by atoms with Crippen molar-refractivity contribution in [2.75, 3.05) is 6.61 Å². The van der Waals surface area contributed by atoms with Crippen LogP contribution in [0.5, 0.6) is 0 Å². The third-order valence-electron chi connectivity index (χ3n) is 3.81. The summed E-state index contributed by atoms with van der Waals surface area (Å²) in [6.45, 7) is 6.78. The van der Waals surface area contributed by atoms with E-state index in [0.717, 1.165) is 19.3 Å². The molecule has 0 spiro atoms. The normalized spacial score (nSPS) is 17.2. The first-order valence-corrected chi connectivity index (χ1v) is 7.88. The lowest BCUT2D eigenvalue weighted by Crippen LogP contribution is -2.34. The van der Waals surface area contributed by atoms with Crippen LogP contribution >= 0.6 is 0 Å². The maximum atomic E-state index is 11.8. The van der Waals surface area contributed by atoms with E-state index in [0.29, 0.717) is 12.3 Å². The summed E-state index contributed by atoms with van der Waals surface area (Å²) in [5.41, 5.74) is -0.848. The van der Waals surface area contributed by atoms with Gasteiger partial charge < -0.3 is 30.3 Å². The summed E-state index contributed by atoms with van der Waals surface area (Å²) in [7, 11) is 0. The molecule has 0 aliphatic heterocycles. The molecule has 0 aromatic heterocycles. The van der Waals surface area contributed by atoms with Crippen molar-refractivity contribution in [1.29, 1.82) is 0 Å². The first-order valence-electron chi connectivity index (χ1n) is 7.88. The molecular formula is C16H30O7. The van der Waals surface area contributed by atoms with E-state index in [1.807, 2.05) is 0 Å². The first-order chi connectivity index (χ1) is 10.6. The molecule has 0 aliphatic rings. The molecule has 0 radical (unpaired) electrons. The molecule has 0 aromatic carbocycles. The highest BCUT2D eigenvalue weighted by atomic mass is 16.6. The van der Waals surface area contributed by atoms with Gasteiger partial charge in [0.25, 0.3) is 0 Å². The molecule has 0 saturated carbocycles. The molecule has 136 valence electrons. The largest absolute Gasteiger partial charge is 0.506 e. The molecule has 0 rings (SSSR count). The maximum Gasteiger partial charge on any atom is 0.377 e.